The second-order valence-corrected chi connectivity index (χ2v) is 4.54. The summed E-state index contributed by atoms with van der Waals surface area (Å²) in [5.41, 5.74) is 3.29. The highest BCUT2D eigenvalue weighted by atomic mass is 16.5. The van der Waals surface area contributed by atoms with Gasteiger partial charge in [0.2, 0.25) is 0 Å². The zero-order valence-electron chi connectivity index (χ0n) is 11.8. The Labute approximate surface area is 114 Å². The van der Waals surface area contributed by atoms with Gasteiger partial charge in [0.15, 0.2) is 0 Å². The SMILES string of the molecule is CCCC(C(=O)NN)N(C)Cc1ccccc1OC. The third-order valence-electron chi connectivity index (χ3n) is 3.15. The molecule has 0 fully saturated rings. The molecule has 3 N–H and O–H groups in total. The number of hydrogen-bond donors (Lipinski definition) is 2. The van der Waals surface area contributed by atoms with E-state index in [-0.39, 0.29) is 11.9 Å². The van der Waals surface area contributed by atoms with Crippen LogP contribution in [0.4, 0.5) is 0 Å². The van der Waals surface area contributed by atoms with E-state index in [1.807, 2.05) is 43.1 Å². The third-order valence-corrected chi connectivity index (χ3v) is 3.15. The zero-order chi connectivity index (χ0) is 14.3. The summed E-state index contributed by atoms with van der Waals surface area (Å²) < 4.78 is 5.32. The molecule has 19 heavy (non-hydrogen) atoms. The number of methoxy groups -OCH3 is 1. The first-order valence-electron chi connectivity index (χ1n) is 6.46. The van der Waals surface area contributed by atoms with Crippen molar-refractivity contribution in [2.45, 2.75) is 32.4 Å². The maximum atomic E-state index is 11.8. The Bertz CT molecular complexity index is 409. The van der Waals surface area contributed by atoms with E-state index in [0.717, 1.165) is 24.2 Å². The molecule has 5 heteroatoms. The fraction of sp³-hybridized carbons (Fsp3) is 0.500. The number of nitrogens with one attached hydrogen (secondary N) is 1. The van der Waals surface area contributed by atoms with Crippen molar-refractivity contribution in [1.29, 1.82) is 0 Å². The highest BCUT2D eigenvalue weighted by Crippen LogP contribution is 2.20. The van der Waals surface area contributed by atoms with Crippen molar-refractivity contribution in [3.05, 3.63) is 29.8 Å². The summed E-state index contributed by atoms with van der Waals surface area (Å²) in [7, 11) is 3.57. The predicted octanol–water partition coefficient (Wildman–Crippen LogP) is 1.29. The minimum Gasteiger partial charge on any atom is -0.496 e. The van der Waals surface area contributed by atoms with Gasteiger partial charge in [-0.15, -0.1) is 0 Å². The Balaban J connectivity index is 2.80. The summed E-state index contributed by atoms with van der Waals surface area (Å²) in [6.07, 6.45) is 1.70. The lowest BCUT2D eigenvalue weighted by molar-refractivity contribution is -0.126. The molecule has 0 radical (unpaired) electrons. The van der Waals surface area contributed by atoms with Gasteiger partial charge in [0.1, 0.15) is 5.75 Å². The number of hydrazine groups is 1. The van der Waals surface area contributed by atoms with E-state index in [4.69, 9.17) is 10.6 Å². The van der Waals surface area contributed by atoms with Gasteiger partial charge in [0.05, 0.1) is 13.2 Å². The first-order valence-corrected chi connectivity index (χ1v) is 6.46. The fourth-order valence-electron chi connectivity index (χ4n) is 2.13. The van der Waals surface area contributed by atoms with Gasteiger partial charge in [-0.25, -0.2) is 5.84 Å². The molecule has 0 spiro atoms. The van der Waals surface area contributed by atoms with Crippen LogP contribution in [0.3, 0.4) is 0 Å². The number of nitrogens with two attached hydrogens (primary N) is 1. The lowest BCUT2D eigenvalue weighted by Gasteiger charge is -2.26. The number of para-hydroxylation sites is 1. The lowest BCUT2D eigenvalue weighted by atomic mass is 10.1. The van der Waals surface area contributed by atoms with Crippen molar-refractivity contribution in [2.24, 2.45) is 5.84 Å². The van der Waals surface area contributed by atoms with Crippen molar-refractivity contribution in [2.75, 3.05) is 14.2 Å². The molecule has 1 rings (SSSR count). The Morgan fingerprint density at radius 3 is 2.74 bits per heavy atom. The summed E-state index contributed by atoms with van der Waals surface area (Å²) in [6, 6.07) is 7.58. The van der Waals surface area contributed by atoms with Crippen LogP contribution in [-0.2, 0) is 11.3 Å². The van der Waals surface area contributed by atoms with Crippen molar-refractivity contribution < 1.29 is 9.53 Å². The molecule has 0 aromatic heterocycles. The van der Waals surface area contributed by atoms with Gasteiger partial charge in [-0.2, -0.15) is 0 Å². The minimum absolute atomic E-state index is 0.153. The van der Waals surface area contributed by atoms with E-state index in [9.17, 15) is 4.79 Å². The molecule has 1 atom stereocenters. The second-order valence-electron chi connectivity index (χ2n) is 4.54. The average Bonchev–Trinajstić information content (AvgIpc) is 2.44. The minimum atomic E-state index is -0.222. The van der Waals surface area contributed by atoms with Crippen LogP contribution >= 0.6 is 0 Å². The number of amides is 1. The van der Waals surface area contributed by atoms with Gasteiger partial charge < -0.3 is 4.74 Å². The highest BCUT2D eigenvalue weighted by Gasteiger charge is 2.22. The maximum Gasteiger partial charge on any atom is 0.251 e. The van der Waals surface area contributed by atoms with Gasteiger partial charge in [0.25, 0.3) is 5.91 Å². The van der Waals surface area contributed by atoms with Gasteiger partial charge in [-0.3, -0.25) is 15.1 Å². The topological polar surface area (TPSA) is 67.6 Å². The van der Waals surface area contributed by atoms with Crippen molar-refractivity contribution in [3.8, 4) is 5.75 Å². The number of carbonyl (C=O) groups excluding carboxylic acids is 1. The van der Waals surface area contributed by atoms with Gasteiger partial charge in [0, 0.05) is 12.1 Å². The molecule has 0 aliphatic carbocycles. The quantitative estimate of drug-likeness (QED) is 0.443. The number of likely N-dealkylation sites (N-methyl/N-ethyl adjacent to an activating group) is 1. The van der Waals surface area contributed by atoms with Crippen LogP contribution in [0, 0.1) is 0 Å². The zero-order valence-corrected chi connectivity index (χ0v) is 11.8. The molecule has 0 aliphatic rings. The average molecular weight is 265 g/mol. The first kappa shape index (κ1) is 15.5. The van der Waals surface area contributed by atoms with Gasteiger partial charge in [-0.05, 0) is 19.5 Å². The van der Waals surface area contributed by atoms with Crippen LogP contribution in [0.25, 0.3) is 0 Å². The van der Waals surface area contributed by atoms with E-state index in [2.05, 4.69) is 5.43 Å². The van der Waals surface area contributed by atoms with E-state index < -0.39 is 0 Å². The highest BCUT2D eigenvalue weighted by molar-refractivity contribution is 5.81. The van der Waals surface area contributed by atoms with Crippen molar-refractivity contribution in [3.63, 3.8) is 0 Å². The Hall–Kier alpha value is -1.59. The standard InChI is InChI=1S/C14H23N3O2/c1-4-7-12(14(18)16-15)17(2)10-11-8-5-6-9-13(11)19-3/h5-6,8-9,12H,4,7,10,15H2,1-3H3,(H,16,18). The van der Waals surface area contributed by atoms with Crippen molar-refractivity contribution >= 4 is 5.91 Å². The van der Waals surface area contributed by atoms with Gasteiger partial charge in [-0.1, -0.05) is 31.5 Å². The molecule has 1 amide bonds. The van der Waals surface area contributed by atoms with Crippen molar-refractivity contribution in [1.82, 2.24) is 10.3 Å². The summed E-state index contributed by atoms with van der Waals surface area (Å²) in [6.45, 7) is 2.69. The number of benzene rings is 1. The molecule has 0 bridgehead atoms. The molecule has 0 saturated carbocycles. The summed E-state index contributed by atoms with van der Waals surface area (Å²) in [5.74, 6) is 5.92. The predicted molar refractivity (Wildman–Crippen MR) is 75.5 cm³/mol. The monoisotopic (exact) mass is 265 g/mol. The normalized spacial score (nSPS) is 12.3. The molecule has 1 aromatic rings. The van der Waals surface area contributed by atoms with Gasteiger partial charge >= 0.3 is 0 Å². The van der Waals surface area contributed by atoms with E-state index in [1.165, 1.54) is 0 Å². The first-order chi connectivity index (χ1) is 9.13. The number of hydrogen-bond acceptors (Lipinski definition) is 4. The molecule has 1 aromatic carbocycles. The smallest absolute Gasteiger partial charge is 0.251 e. The molecular formula is C14H23N3O2. The molecule has 0 saturated heterocycles. The lowest BCUT2D eigenvalue weighted by Crippen LogP contribution is -2.47. The number of rotatable bonds is 7. The molecule has 106 valence electrons. The maximum absolute atomic E-state index is 11.8. The molecular weight excluding hydrogens is 242 g/mol. The van der Waals surface area contributed by atoms with Crippen LogP contribution in [0.15, 0.2) is 24.3 Å². The van der Waals surface area contributed by atoms with Crippen LogP contribution < -0.4 is 16.0 Å². The Kier molecular flexibility index (Phi) is 6.32. The van der Waals surface area contributed by atoms with Crippen LogP contribution in [0.2, 0.25) is 0 Å². The van der Waals surface area contributed by atoms with E-state index >= 15 is 0 Å². The number of nitrogens with zero attached hydrogens (tertiary/aromatic N) is 1. The Morgan fingerprint density at radius 1 is 1.47 bits per heavy atom. The number of carbonyl (C=O) groups is 1. The van der Waals surface area contributed by atoms with Crippen LogP contribution in [0.5, 0.6) is 5.75 Å². The third kappa shape index (κ3) is 4.22. The Morgan fingerprint density at radius 2 is 2.16 bits per heavy atom. The number of ether oxygens (including phenoxy) is 1. The van der Waals surface area contributed by atoms with E-state index in [1.54, 1.807) is 7.11 Å². The van der Waals surface area contributed by atoms with Crippen LogP contribution in [-0.4, -0.2) is 31.0 Å². The molecule has 1 unspecified atom stereocenters. The summed E-state index contributed by atoms with van der Waals surface area (Å²) >= 11 is 0. The summed E-state index contributed by atoms with van der Waals surface area (Å²) in [4.78, 5) is 13.8. The van der Waals surface area contributed by atoms with E-state index in [0.29, 0.717) is 6.54 Å². The molecule has 5 nitrogen and oxygen atoms in total. The molecule has 0 heterocycles. The second kappa shape index (κ2) is 7.76. The fourth-order valence-corrected chi connectivity index (χ4v) is 2.13. The van der Waals surface area contributed by atoms with Crippen LogP contribution in [0.1, 0.15) is 25.3 Å². The molecule has 0 aliphatic heterocycles. The summed E-state index contributed by atoms with van der Waals surface area (Å²) in [5, 5.41) is 0. The largest absolute Gasteiger partial charge is 0.496 e.